The Morgan fingerprint density at radius 3 is 2.32 bits per heavy atom. The number of methoxy groups -OCH3 is 1. The number of nitriles is 1. The van der Waals surface area contributed by atoms with Gasteiger partial charge in [0, 0.05) is 17.7 Å². The maximum atomic E-state index is 11.9. The SMILES string of the molecule is COC(=O)C(NC(C)=O)C(C)(C)SSC(=O)Oc1ccc(C#N)cc1. The number of ether oxygens (including phenoxy) is 2. The molecule has 0 saturated carbocycles. The van der Waals surface area contributed by atoms with Gasteiger partial charge >= 0.3 is 11.3 Å². The van der Waals surface area contributed by atoms with Crippen molar-refractivity contribution >= 4 is 38.8 Å². The summed E-state index contributed by atoms with van der Waals surface area (Å²) in [5.41, 5.74) is 0.458. The average Bonchev–Trinajstić information content (AvgIpc) is 2.57. The molecule has 0 heterocycles. The molecule has 1 aromatic rings. The number of carbonyl (C=O) groups excluding carboxylic acids is 3. The Hall–Kier alpha value is -2.18. The molecular formula is C16H18N2O5S2. The van der Waals surface area contributed by atoms with E-state index < -0.39 is 22.1 Å². The number of esters is 1. The minimum Gasteiger partial charge on any atom is -0.467 e. The Bertz CT molecular complexity index is 683. The molecule has 1 atom stereocenters. The zero-order valence-corrected chi connectivity index (χ0v) is 15.8. The summed E-state index contributed by atoms with van der Waals surface area (Å²) in [6.07, 6.45) is 0. The fraction of sp³-hybridized carbons (Fsp3) is 0.375. The molecule has 0 aliphatic carbocycles. The summed E-state index contributed by atoms with van der Waals surface area (Å²) in [5.74, 6) is -0.677. The van der Waals surface area contributed by atoms with Crippen LogP contribution in [-0.4, -0.2) is 35.1 Å². The van der Waals surface area contributed by atoms with Gasteiger partial charge in [-0.1, -0.05) is 10.8 Å². The molecule has 0 aliphatic rings. The van der Waals surface area contributed by atoms with Crippen molar-refractivity contribution in [2.24, 2.45) is 0 Å². The van der Waals surface area contributed by atoms with Crippen molar-refractivity contribution in [3.63, 3.8) is 0 Å². The topological polar surface area (TPSA) is 105 Å². The number of benzene rings is 1. The van der Waals surface area contributed by atoms with E-state index in [-0.39, 0.29) is 5.91 Å². The molecule has 7 nitrogen and oxygen atoms in total. The van der Waals surface area contributed by atoms with Gasteiger partial charge in [0.05, 0.1) is 23.5 Å². The number of amides is 1. The van der Waals surface area contributed by atoms with Crippen molar-refractivity contribution in [3.05, 3.63) is 29.8 Å². The smallest absolute Gasteiger partial charge is 0.383 e. The number of nitrogens with zero attached hydrogens (tertiary/aromatic N) is 1. The highest BCUT2D eigenvalue weighted by molar-refractivity contribution is 8.82. The highest BCUT2D eigenvalue weighted by Gasteiger charge is 2.38. The molecule has 0 aromatic heterocycles. The Balaban J connectivity index is 2.68. The van der Waals surface area contributed by atoms with Crippen LogP contribution >= 0.6 is 21.6 Å². The van der Waals surface area contributed by atoms with Gasteiger partial charge in [0.15, 0.2) is 0 Å². The first-order chi connectivity index (χ1) is 11.7. The first kappa shape index (κ1) is 20.9. The minimum atomic E-state index is -0.921. The third-order valence-electron chi connectivity index (χ3n) is 2.99. The first-order valence-electron chi connectivity index (χ1n) is 7.12. The van der Waals surface area contributed by atoms with Gasteiger partial charge in [-0.3, -0.25) is 4.79 Å². The summed E-state index contributed by atoms with van der Waals surface area (Å²) in [5, 5.41) is 10.7. The van der Waals surface area contributed by atoms with Crippen LogP contribution in [0.25, 0.3) is 0 Å². The summed E-state index contributed by atoms with van der Waals surface area (Å²) in [6, 6.07) is 7.15. The molecule has 0 aliphatic heterocycles. The molecule has 0 bridgehead atoms. The molecule has 1 unspecified atom stereocenters. The van der Waals surface area contributed by atoms with Gasteiger partial charge in [0.2, 0.25) is 5.91 Å². The Morgan fingerprint density at radius 2 is 1.84 bits per heavy atom. The number of hydrogen-bond acceptors (Lipinski definition) is 8. The highest BCUT2D eigenvalue weighted by atomic mass is 33.1. The average molecular weight is 382 g/mol. The van der Waals surface area contributed by atoms with Crippen LogP contribution in [0.4, 0.5) is 4.79 Å². The Morgan fingerprint density at radius 1 is 1.24 bits per heavy atom. The van der Waals surface area contributed by atoms with Crippen LogP contribution in [0.1, 0.15) is 26.3 Å². The number of carbonyl (C=O) groups is 3. The van der Waals surface area contributed by atoms with E-state index in [1.54, 1.807) is 13.8 Å². The molecular weight excluding hydrogens is 364 g/mol. The lowest BCUT2D eigenvalue weighted by Crippen LogP contribution is -2.52. The van der Waals surface area contributed by atoms with E-state index in [4.69, 9.17) is 14.7 Å². The number of hydrogen-bond donors (Lipinski definition) is 1. The third kappa shape index (κ3) is 6.68. The lowest BCUT2D eigenvalue weighted by molar-refractivity contribution is -0.145. The summed E-state index contributed by atoms with van der Waals surface area (Å²) < 4.78 is 9.03. The molecule has 1 N–H and O–H groups in total. The molecule has 1 amide bonds. The van der Waals surface area contributed by atoms with Gasteiger partial charge in [0.1, 0.15) is 11.8 Å². The van der Waals surface area contributed by atoms with E-state index in [0.717, 1.165) is 21.6 Å². The van der Waals surface area contributed by atoms with Gasteiger partial charge in [-0.15, -0.1) is 0 Å². The van der Waals surface area contributed by atoms with Crippen molar-refractivity contribution in [1.29, 1.82) is 5.26 Å². The zero-order valence-electron chi connectivity index (χ0n) is 14.2. The molecule has 0 spiro atoms. The fourth-order valence-corrected chi connectivity index (χ4v) is 3.64. The normalized spacial score (nSPS) is 11.8. The molecule has 0 fully saturated rings. The van der Waals surface area contributed by atoms with E-state index in [0.29, 0.717) is 11.3 Å². The summed E-state index contributed by atoms with van der Waals surface area (Å²) >= 11 is 0. The van der Waals surface area contributed by atoms with Gasteiger partial charge in [-0.05, 0) is 38.1 Å². The molecule has 0 radical (unpaired) electrons. The fourth-order valence-electron chi connectivity index (χ4n) is 1.74. The van der Waals surface area contributed by atoms with Crippen molar-refractivity contribution in [3.8, 4) is 11.8 Å². The molecule has 134 valence electrons. The second kappa shape index (κ2) is 9.34. The Kier molecular flexibility index (Phi) is 7.80. The standard InChI is InChI=1S/C16H18N2O5S2/c1-10(19)18-13(14(20)22-4)16(2,3)25-24-15(21)23-12-7-5-11(9-17)6-8-12/h5-8,13H,1-4H3,(H,18,19). The van der Waals surface area contributed by atoms with E-state index in [9.17, 15) is 14.4 Å². The monoisotopic (exact) mass is 382 g/mol. The van der Waals surface area contributed by atoms with E-state index >= 15 is 0 Å². The molecule has 1 rings (SSSR count). The second-order valence-corrected chi connectivity index (χ2v) is 8.13. The minimum absolute atomic E-state index is 0.307. The maximum Gasteiger partial charge on any atom is 0.383 e. The van der Waals surface area contributed by atoms with Crippen molar-refractivity contribution < 1.29 is 23.9 Å². The van der Waals surface area contributed by atoms with Crippen molar-refractivity contribution in [1.82, 2.24) is 5.32 Å². The van der Waals surface area contributed by atoms with Crippen molar-refractivity contribution in [2.45, 2.75) is 31.6 Å². The van der Waals surface area contributed by atoms with Crippen LogP contribution in [0, 0.1) is 11.3 Å². The van der Waals surface area contributed by atoms with Crippen LogP contribution < -0.4 is 10.1 Å². The van der Waals surface area contributed by atoms with E-state index in [1.807, 2.05) is 6.07 Å². The third-order valence-corrected chi connectivity index (χ3v) is 5.90. The maximum absolute atomic E-state index is 11.9. The summed E-state index contributed by atoms with van der Waals surface area (Å²) in [7, 11) is 3.11. The van der Waals surface area contributed by atoms with Gasteiger partial charge in [-0.2, -0.15) is 5.26 Å². The summed E-state index contributed by atoms with van der Waals surface area (Å²) in [6.45, 7) is 4.71. The van der Waals surface area contributed by atoms with Gasteiger partial charge < -0.3 is 14.8 Å². The molecule has 9 heteroatoms. The first-order valence-corrected chi connectivity index (χ1v) is 9.27. The molecule has 1 aromatic carbocycles. The number of nitrogens with one attached hydrogen (secondary N) is 1. The lowest BCUT2D eigenvalue weighted by atomic mass is 10.0. The molecule has 25 heavy (non-hydrogen) atoms. The van der Waals surface area contributed by atoms with Crippen LogP contribution in [0.5, 0.6) is 5.75 Å². The van der Waals surface area contributed by atoms with Gasteiger partial charge in [-0.25, -0.2) is 9.59 Å². The molecule has 0 saturated heterocycles. The quantitative estimate of drug-likeness (QED) is 0.591. The summed E-state index contributed by atoms with van der Waals surface area (Å²) in [4.78, 5) is 35.1. The lowest BCUT2D eigenvalue weighted by Gasteiger charge is -2.30. The van der Waals surface area contributed by atoms with Crippen LogP contribution in [0.3, 0.4) is 0 Å². The number of rotatable bonds is 6. The van der Waals surface area contributed by atoms with Crippen LogP contribution in [0.2, 0.25) is 0 Å². The van der Waals surface area contributed by atoms with E-state index in [2.05, 4.69) is 5.32 Å². The zero-order chi connectivity index (χ0) is 19.0. The largest absolute Gasteiger partial charge is 0.467 e. The van der Waals surface area contributed by atoms with Crippen LogP contribution in [-0.2, 0) is 14.3 Å². The van der Waals surface area contributed by atoms with E-state index in [1.165, 1.54) is 38.3 Å². The van der Waals surface area contributed by atoms with Crippen LogP contribution in [0.15, 0.2) is 24.3 Å². The highest BCUT2D eigenvalue weighted by Crippen LogP contribution is 2.39. The predicted octanol–water partition coefficient (Wildman–Crippen LogP) is 2.89. The van der Waals surface area contributed by atoms with Gasteiger partial charge in [0.25, 0.3) is 0 Å². The van der Waals surface area contributed by atoms with Crippen molar-refractivity contribution in [2.75, 3.05) is 7.11 Å². The Labute approximate surface area is 153 Å². The predicted molar refractivity (Wildman–Crippen MR) is 96.1 cm³/mol. The second-order valence-electron chi connectivity index (χ2n) is 5.42.